The van der Waals surface area contributed by atoms with Gasteiger partial charge in [-0.3, -0.25) is 4.79 Å². The van der Waals surface area contributed by atoms with Gasteiger partial charge in [-0.2, -0.15) is 0 Å². The second kappa shape index (κ2) is 7.16. The summed E-state index contributed by atoms with van der Waals surface area (Å²) >= 11 is 0. The summed E-state index contributed by atoms with van der Waals surface area (Å²) in [5, 5.41) is 1.06. The number of anilines is 1. The Balaban J connectivity index is 1.33. The van der Waals surface area contributed by atoms with Crippen LogP contribution >= 0.6 is 0 Å². The van der Waals surface area contributed by atoms with Crippen molar-refractivity contribution in [2.75, 3.05) is 32.1 Å². The summed E-state index contributed by atoms with van der Waals surface area (Å²) in [5.74, 6) is 1.06. The minimum absolute atomic E-state index is 0.0707. The molecule has 1 aliphatic heterocycles. The van der Waals surface area contributed by atoms with E-state index in [2.05, 4.69) is 42.6 Å². The van der Waals surface area contributed by atoms with Gasteiger partial charge in [0.1, 0.15) is 17.0 Å². The lowest BCUT2D eigenvalue weighted by Crippen LogP contribution is -2.39. The molecular weight excluding hydrogens is 376 g/mol. The van der Waals surface area contributed by atoms with Crippen LogP contribution in [0.3, 0.4) is 0 Å². The van der Waals surface area contributed by atoms with Gasteiger partial charge in [0.15, 0.2) is 5.65 Å². The van der Waals surface area contributed by atoms with Gasteiger partial charge in [0.05, 0.1) is 0 Å². The minimum Gasteiger partial charge on any atom is -0.378 e. The molecule has 0 saturated carbocycles. The Morgan fingerprint density at radius 1 is 1.17 bits per heavy atom. The number of hydrogen-bond acceptors (Lipinski definition) is 4. The molecule has 30 heavy (non-hydrogen) atoms. The standard InChI is InChI=1S/C23H26N6O/c1-15-25-19-5-4-10-24-22(19)29(15)17-8-11-28(12-9-17)23(30)21-13-16-6-7-18(27(2)3)14-20(16)26-21/h4-7,10,13-14,17,26H,8-9,11-12H2,1-3H3. The van der Waals surface area contributed by atoms with Crippen LogP contribution in [0.15, 0.2) is 42.6 Å². The number of benzene rings is 1. The van der Waals surface area contributed by atoms with Crippen LogP contribution in [0, 0.1) is 6.92 Å². The Morgan fingerprint density at radius 3 is 2.73 bits per heavy atom. The third-order valence-corrected chi connectivity index (χ3v) is 6.09. The predicted molar refractivity (Wildman–Crippen MR) is 119 cm³/mol. The first kappa shape index (κ1) is 18.7. The number of likely N-dealkylation sites (tertiary alicyclic amines) is 1. The van der Waals surface area contributed by atoms with Crippen molar-refractivity contribution in [2.45, 2.75) is 25.8 Å². The first-order valence-electron chi connectivity index (χ1n) is 10.4. The van der Waals surface area contributed by atoms with E-state index in [1.54, 1.807) is 0 Å². The highest BCUT2D eigenvalue weighted by Gasteiger charge is 2.27. The highest BCUT2D eigenvalue weighted by Crippen LogP contribution is 2.29. The van der Waals surface area contributed by atoms with Gasteiger partial charge in [-0.05, 0) is 50.1 Å². The van der Waals surface area contributed by atoms with E-state index >= 15 is 0 Å². The van der Waals surface area contributed by atoms with Crippen molar-refractivity contribution in [2.24, 2.45) is 0 Å². The number of H-pyrrole nitrogens is 1. The molecule has 1 amide bonds. The van der Waals surface area contributed by atoms with Crippen molar-refractivity contribution in [1.29, 1.82) is 0 Å². The molecular formula is C23H26N6O. The fourth-order valence-electron chi connectivity index (χ4n) is 4.49. The number of aryl methyl sites for hydroxylation is 1. The number of imidazole rings is 1. The number of pyridine rings is 1. The number of piperidine rings is 1. The zero-order chi connectivity index (χ0) is 20.8. The van der Waals surface area contributed by atoms with Gasteiger partial charge in [-0.15, -0.1) is 0 Å². The molecule has 5 rings (SSSR count). The summed E-state index contributed by atoms with van der Waals surface area (Å²) in [6.07, 6.45) is 3.62. The lowest BCUT2D eigenvalue weighted by Gasteiger charge is -2.33. The van der Waals surface area contributed by atoms with E-state index in [1.807, 2.05) is 50.3 Å². The number of aromatic nitrogens is 4. The van der Waals surface area contributed by atoms with Gasteiger partial charge in [0.25, 0.3) is 5.91 Å². The lowest BCUT2D eigenvalue weighted by atomic mass is 10.0. The van der Waals surface area contributed by atoms with Gasteiger partial charge in [0.2, 0.25) is 0 Å². The number of amides is 1. The molecule has 4 aromatic rings. The number of carbonyl (C=O) groups excluding carboxylic acids is 1. The SMILES string of the molecule is Cc1nc2cccnc2n1C1CCN(C(=O)c2cc3ccc(N(C)C)cc3[nH]2)CC1. The first-order chi connectivity index (χ1) is 14.5. The second-order valence-corrected chi connectivity index (χ2v) is 8.25. The Morgan fingerprint density at radius 2 is 1.97 bits per heavy atom. The second-order valence-electron chi connectivity index (χ2n) is 8.25. The van der Waals surface area contributed by atoms with Gasteiger partial charge >= 0.3 is 0 Å². The third kappa shape index (κ3) is 3.10. The Bertz CT molecular complexity index is 1230. The zero-order valence-electron chi connectivity index (χ0n) is 17.6. The highest BCUT2D eigenvalue weighted by atomic mass is 16.2. The molecule has 0 atom stereocenters. The van der Waals surface area contributed by atoms with Gasteiger partial charge in [-0.25, -0.2) is 9.97 Å². The summed E-state index contributed by atoms with van der Waals surface area (Å²) in [7, 11) is 4.03. The minimum atomic E-state index is 0.0707. The summed E-state index contributed by atoms with van der Waals surface area (Å²) in [4.78, 5) is 29.6. The number of nitrogens with zero attached hydrogens (tertiary/aromatic N) is 5. The summed E-state index contributed by atoms with van der Waals surface area (Å²) in [6.45, 7) is 3.49. The number of aromatic amines is 1. The largest absolute Gasteiger partial charge is 0.378 e. The molecule has 1 saturated heterocycles. The molecule has 4 heterocycles. The quantitative estimate of drug-likeness (QED) is 0.566. The lowest BCUT2D eigenvalue weighted by molar-refractivity contribution is 0.0690. The van der Waals surface area contributed by atoms with Crippen molar-refractivity contribution in [3.63, 3.8) is 0 Å². The monoisotopic (exact) mass is 402 g/mol. The maximum atomic E-state index is 13.1. The highest BCUT2D eigenvalue weighted by molar-refractivity contribution is 5.98. The summed E-state index contributed by atoms with van der Waals surface area (Å²) in [5.41, 5.74) is 4.63. The Hall–Kier alpha value is -3.35. The third-order valence-electron chi connectivity index (χ3n) is 6.09. The van der Waals surface area contributed by atoms with Crippen LogP contribution in [0.1, 0.15) is 35.2 Å². The fourth-order valence-corrected chi connectivity index (χ4v) is 4.49. The number of nitrogens with one attached hydrogen (secondary N) is 1. The molecule has 0 bridgehead atoms. The van der Waals surface area contributed by atoms with E-state index in [9.17, 15) is 4.79 Å². The molecule has 0 aliphatic carbocycles. The van der Waals surface area contributed by atoms with Crippen molar-refractivity contribution < 1.29 is 4.79 Å². The van der Waals surface area contributed by atoms with E-state index in [1.165, 1.54) is 0 Å². The smallest absolute Gasteiger partial charge is 0.270 e. The van der Waals surface area contributed by atoms with E-state index in [-0.39, 0.29) is 5.91 Å². The predicted octanol–water partition coefficient (Wildman–Crippen LogP) is 3.76. The van der Waals surface area contributed by atoms with Gasteiger partial charge in [-0.1, -0.05) is 6.07 Å². The van der Waals surface area contributed by atoms with E-state index in [0.29, 0.717) is 11.7 Å². The first-order valence-corrected chi connectivity index (χ1v) is 10.4. The van der Waals surface area contributed by atoms with Crippen molar-refractivity contribution in [1.82, 2.24) is 24.4 Å². The fraction of sp³-hybridized carbons (Fsp3) is 0.348. The van der Waals surface area contributed by atoms with Crippen LogP contribution in [-0.4, -0.2) is 57.5 Å². The van der Waals surface area contributed by atoms with Crippen LogP contribution in [0.25, 0.3) is 22.1 Å². The Kier molecular flexibility index (Phi) is 4.46. The number of carbonyl (C=O) groups is 1. The maximum absolute atomic E-state index is 13.1. The molecule has 1 aromatic carbocycles. The van der Waals surface area contributed by atoms with Crippen LogP contribution in [0.4, 0.5) is 5.69 Å². The average Bonchev–Trinajstić information content (AvgIpc) is 3.32. The molecule has 7 nitrogen and oxygen atoms in total. The number of fused-ring (bicyclic) bond motifs is 2. The van der Waals surface area contributed by atoms with Gasteiger partial charge in [0, 0.05) is 56.0 Å². The zero-order valence-corrected chi connectivity index (χ0v) is 17.6. The van der Waals surface area contributed by atoms with Crippen molar-refractivity contribution >= 4 is 33.7 Å². The summed E-state index contributed by atoms with van der Waals surface area (Å²) < 4.78 is 2.24. The Labute approximate surface area is 175 Å². The topological polar surface area (TPSA) is 70.1 Å². The molecule has 7 heteroatoms. The van der Waals surface area contributed by atoms with Crippen LogP contribution in [0.2, 0.25) is 0 Å². The maximum Gasteiger partial charge on any atom is 0.270 e. The van der Waals surface area contributed by atoms with Crippen LogP contribution < -0.4 is 4.90 Å². The number of hydrogen-bond donors (Lipinski definition) is 1. The van der Waals surface area contributed by atoms with Gasteiger partial charge < -0.3 is 19.4 Å². The molecule has 1 fully saturated rings. The molecule has 0 spiro atoms. The molecule has 1 aliphatic rings. The molecule has 1 N–H and O–H groups in total. The molecule has 154 valence electrons. The van der Waals surface area contributed by atoms with Crippen LogP contribution in [-0.2, 0) is 0 Å². The van der Waals surface area contributed by atoms with Crippen molar-refractivity contribution in [3.8, 4) is 0 Å². The van der Waals surface area contributed by atoms with Crippen LogP contribution in [0.5, 0.6) is 0 Å². The average molecular weight is 403 g/mol. The van der Waals surface area contributed by atoms with E-state index in [0.717, 1.165) is 59.5 Å². The molecule has 0 radical (unpaired) electrons. The molecule has 0 unspecified atom stereocenters. The molecule has 3 aromatic heterocycles. The van der Waals surface area contributed by atoms with Crippen molar-refractivity contribution in [3.05, 3.63) is 54.1 Å². The van der Waals surface area contributed by atoms with E-state index in [4.69, 9.17) is 0 Å². The normalized spacial score (nSPS) is 15.2. The van der Waals surface area contributed by atoms with E-state index < -0.39 is 0 Å². The summed E-state index contributed by atoms with van der Waals surface area (Å²) in [6, 6.07) is 12.4. The number of rotatable bonds is 3.